The molecule has 2 heterocycles. The molecule has 2 N–H and O–H groups in total. The molecule has 140 valence electrons. The van der Waals surface area contributed by atoms with E-state index in [1.165, 1.54) is 11.1 Å². The van der Waals surface area contributed by atoms with Gasteiger partial charge in [-0.25, -0.2) is 0 Å². The van der Waals surface area contributed by atoms with Gasteiger partial charge in [0, 0.05) is 43.3 Å². The van der Waals surface area contributed by atoms with E-state index in [1.54, 1.807) is 7.11 Å². The SMILES string of the molecule is COc1ccc2[nH]cc(CC(=O)NCCN3CCc4ccccc4C3)c2c1. The van der Waals surface area contributed by atoms with Crippen LogP contribution < -0.4 is 10.1 Å². The van der Waals surface area contributed by atoms with Gasteiger partial charge < -0.3 is 15.0 Å². The Bertz CT molecular complexity index is 948. The Balaban J connectivity index is 1.29. The lowest BCUT2D eigenvalue weighted by molar-refractivity contribution is -0.120. The van der Waals surface area contributed by atoms with Crippen LogP contribution in [0, 0.1) is 0 Å². The fourth-order valence-corrected chi connectivity index (χ4v) is 3.76. The number of hydrogen-bond acceptors (Lipinski definition) is 3. The summed E-state index contributed by atoms with van der Waals surface area (Å²) in [6.45, 7) is 3.57. The van der Waals surface area contributed by atoms with Crippen LogP contribution >= 0.6 is 0 Å². The van der Waals surface area contributed by atoms with Crippen molar-refractivity contribution in [3.8, 4) is 5.75 Å². The van der Waals surface area contributed by atoms with Crippen molar-refractivity contribution >= 4 is 16.8 Å². The molecule has 0 atom stereocenters. The van der Waals surface area contributed by atoms with Gasteiger partial charge in [0.2, 0.25) is 5.91 Å². The summed E-state index contributed by atoms with van der Waals surface area (Å²) in [5.41, 5.74) is 4.87. The molecule has 1 aliphatic rings. The molecule has 5 nitrogen and oxygen atoms in total. The molecule has 0 aliphatic carbocycles. The van der Waals surface area contributed by atoms with Crippen LogP contribution in [0.15, 0.2) is 48.7 Å². The van der Waals surface area contributed by atoms with Gasteiger partial charge in [0.15, 0.2) is 0 Å². The average molecular weight is 363 g/mol. The van der Waals surface area contributed by atoms with Gasteiger partial charge in [-0.2, -0.15) is 0 Å². The predicted octanol–water partition coefficient (Wildman–Crippen LogP) is 2.89. The zero-order chi connectivity index (χ0) is 18.6. The Labute approximate surface area is 159 Å². The maximum atomic E-state index is 12.4. The summed E-state index contributed by atoms with van der Waals surface area (Å²) in [5.74, 6) is 0.852. The molecule has 2 aromatic carbocycles. The smallest absolute Gasteiger partial charge is 0.224 e. The average Bonchev–Trinajstić information content (AvgIpc) is 3.09. The van der Waals surface area contributed by atoms with E-state index in [-0.39, 0.29) is 5.91 Å². The second kappa shape index (κ2) is 7.84. The Kier molecular flexibility index (Phi) is 5.12. The molecule has 4 rings (SSSR count). The van der Waals surface area contributed by atoms with Crippen molar-refractivity contribution in [1.29, 1.82) is 0 Å². The van der Waals surface area contributed by atoms with Crippen LogP contribution in [0.2, 0.25) is 0 Å². The molecule has 0 radical (unpaired) electrons. The normalized spacial score (nSPS) is 14.1. The summed E-state index contributed by atoms with van der Waals surface area (Å²) >= 11 is 0. The molecule has 1 aliphatic heterocycles. The Morgan fingerprint density at radius 2 is 2.07 bits per heavy atom. The van der Waals surface area contributed by atoms with Gasteiger partial charge in [-0.3, -0.25) is 9.69 Å². The third kappa shape index (κ3) is 3.98. The van der Waals surface area contributed by atoms with Gasteiger partial charge in [0.25, 0.3) is 0 Å². The minimum absolute atomic E-state index is 0.0520. The van der Waals surface area contributed by atoms with E-state index in [9.17, 15) is 4.79 Å². The van der Waals surface area contributed by atoms with Crippen molar-refractivity contribution in [1.82, 2.24) is 15.2 Å². The summed E-state index contributed by atoms with van der Waals surface area (Å²) in [4.78, 5) is 18.0. The second-order valence-electron chi connectivity index (χ2n) is 7.05. The van der Waals surface area contributed by atoms with Crippen molar-refractivity contribution in [3.05, 3.63) is 65.4 Å². The summed E-state index contributed by atoms with van der Waals surface area (Å²) in [6, 6.07) is 14.5. The number of carbonyl (C=O) groups excluding carboxylic acids is 1. The van der Waals surface area contributed by atoms with Crippen LogP contribution in [0.3, 0.4) is 0 Å². The lowest BCUT2D eigenvalue weighted by Crippen LogP contribution is -2.38. The molecule has 0 fully saturated rings. The Morgan fingerprint density at radius 3 is 2.93 bits per heavy atom. The maximum absolute atomic E-state index is 12.4. The lowest BCUT2D eigenvalue weighted by atomic mass is 10.00. The standard InChI is InChI=1S/C22H25N3O2/c1-27-19-6-7-21-20(13-19)18(14-24-21)12-22(26)23-9-11-25-10-8-16-4-2-3-5-17(16)15-25/h2-7,13-14,24H,8-12,15H2,1H3,(H,23,26). The first kappa shape index (κ1) is 17.6. The van der Waals surface area contributed by atoms with Crippen LogP contribution in [-0.2, 0) is 24.2 Å². The summed E-state index contributed by atoms with van der Waals surface area (Å²) in [7, 11) is 1.65. The van der Waals surface area contributed by atoms with E-state index >= 15 is 0 Å². The molecular formula is C22H25N3O2. The molecular weight excluding hydrogens is 338 g/mol. The van der Waals surface area contributed by atoms with E-state index in [2.05, 4.69) is 39.5 Å². The highest BCUT2D eigenvalue weighted by molar-refractivity contribution is 5.89. The quantitative estimate of drug-likeness (QED) is 0.708. The van der Waals surface area contributed by atoms with Crippen LogP contribution in [0.25, 0.3) is 10.9 Å². The highest BCUT2D eigenvalue weighted by Gasteiger charge is 2.15. The zero-order valence-corrected chi connectivity index (χ0v) is 15.6. The first-order valence-corrected chi connectivity index (χ1v) is 9.43. The number of aromatic nitrogens is 1. The van der Waals surface area contributed by atoms with Crippen molar-refractivity contribution in [2.24, 2.45) is 0 Å². The van der Waals surface area contributed by atoms with Gasteiger partial charge in [0.05, 0.1) is 13.5 Å². The summed E-state index contributed by atoms with van der Waals surface area (Å²) in [6.07, 6.45) is 3.36. The number of benzene rings is 2. The summed E-state index contributed by atoms with van der Waals surface area (Å²) in [5, 5.41) is 4.10. The van der Waals surface area contributed by atoms with E-state index in [4.69, 9.17) is 4.74 Å². The number of amides is 1. The maximum Gasteiger partial charge on any atom is 0.224 e. The van der Waals surface area contributed by atoms with E-state index in [0.717, 1.165) is 48.3 Å². The van der Waals surface area contributed by atoms with Gasteiger partial charge in [0.1, 0.15) is 5.75 Å². The fraction of sp³-hybridized carbons (Fsp3) is 0.318. The monoisotopic (exact) mass is 363 g/mol. The molecule has 3 aromatic rings. The minimum Gasteiger partial charge on any atom is -0.497 e. The van der Waals surface area contributed by atoms with Gasteiger partial charge in [-0.1, -0.05) is 24.3 Å². The van der Waals surface area contributed by atoms with Crippen molar-refractivity contribution in [2.75, 3.05) is 26.7 Å². The third-order valence-corrected chi connectivity index (χ3v) is 5.29. The lowest BCUT2D eigenvalue weighted by Gasteiger charge is -2.28. The second-order valence-corrected chi connectivity index (χ2v) is 7.05. The van der Waals surface area contributed by atoms with Crippen LogP contribution in [0.4, 0.5) is 0 Å². The molecule has 1 aromatic heterocycles. The zero-order valence-electron chi connectivity index (χ0n) is 15.6. The molecule has 0 saturated carbocycles. The minimum atomic E-state index is 0.0520. The largest absolute Gasteiger partial charge is 0.497 e. The van der Waals surface area contributed by atoms with Crippen molar-refractivity contribution in [2.45, 2.75) is 19.4 Å². The number of nitrogens with zero attached hydrogens (tertiary/aromatic N) is 1. The molecule has 0 bridgehead atoms. The topological polar surface area (TPSA) is 57.4 Å². The number of nitrogens with one attached hydrogen (secondary N) is 2. The highest BCUT2D eigenvalue weighted by Crippen LogP contribution is 2.24. The number of H-pyrrole nitrogens is 1. The number of methoxy groups -OCH3 is 1. The molecule has 0 saturated heterocycles. The van der Waals surface area contributed by atoms with Gasteiger partial charge in [-0.05, 0) is 41.3 Å². The molecule has 5 heteroatoms. The van der Waals surface area contributed by atoms with Crippen LogP contribution in [0.5, 0.6) is 5.75 Å². The molecule has 27 heavy (non-hydrogen) atoms. The number of aromatic amines is 1. The fourth-order valence-electron chi connectivity index (χ4n) is 3.76. The molecule has 0 unspecified atom stereocenters. The van der Waals surface area contributed by atoms with Gasteiger partial charge in [-0.15, -0.1) is 0 Å². The predicted molar refractivity (Wildman–Crippen MR) is 107 cm³/mol. The number of fused-ring (bicyclic) bond motifs is 2. The first-order valence-electron chi connectivity index (χ1n) is 9.43. The van der Waals surface area contributed by atoms with E-state index in [0.29, 0.717) is 13.0 Å². The van der Waals surface area contributed by atoms with E-state index in [1.807, 2.05) is 24.4 Å². The Hall–Kier alpha value is -2.79. The van der Waals surface area contributed by atoms with Crippen LogP contribution in [-0.4, -0.2) is 42.5 Å². The number of hydrogen-bond donors (Lipinski definition) is 2. The number of carbonyl (C=O) groups is 1. The van der Waals surface area contributed by atoms with E-state index < -0.39 is 0 Å². The van der Waals surface area contributed by atoms with Gasteiger partial charge >= 0.3 is 0 Å². The summed E-state index contributed by atoms with van der Waals surface area (Å²) < 4.78 is 5.29. The Morgan fingerprint density at radius 1 is 1.22 bits per heavy atom. The molecule has 1 amide bonds. The third-order valence-electron chi connectivity index (χ3n) is 5.29. The number of ether oxygens (including phenoxy) is 1. The van der Waals surface area contributed by atoms with Crippen molar-refractivity contribution < 1.29 is 9.53 Å². The van der Waals surface area contributed by atoms with Crippen molar-refractivity contribution in [3.63, 3.8) is 0 Å². The van der Waals surface area contributed by atoms with Crippen LogP contribution in [0.1, 0.15) is 16.7 Å². The first-order chi connectivity index (χ1) is 13.2. The molecule has 0 spiro atoms. The highest BCUT2D eigenvalue weighted by atomic mass is 16.5. The number of rotatable bonds is 6.